The number of rotatable bonds is 9. The Balaban J connectivity index is 0.00000420. The molecule has 0 bridgehead atoms. The smallest absolute Gasteiger partial charge is 0.250 e. The van der Waals surface area contributed by atoms with E-state index in [2.05, 4.69) is 107 Å². The van der Waals surface area contributed by atoms with Crippen molar-refractivity contribution in [3.63, 3.8) is 0 Å². The van der Waals surface area contributed by atoms with Crippen molar-refractivity contribution >= 4 is 43.4 Å². The number of hydrogen-bond donors (Lipinski definition) is 0. The number of ketones is 1. The maximum absolute atomic E-state index is 13.6. The third-order valence-corrected chi connectivity index (χ3v) is 16.2. The van der Waals surface area contributed by atoms with Crippen LogP contribution in [0.25, 0.3) is 6.08 Å². The van der Waals surface area contributed by atoms with E-state index >= 15 is 0 Å². The van der Waals surface area contributed by atoms with Gasteiger partial charge in [-0.15, -0.1) is 0 Å². The first-order valence-electron chi connectivity index (χ1n) is 13.2. The Morgan fingerprint density at radius 3 is 1.51 bits per heavy atom. The fourth-order valence-electron chi connectivity index (χ4n) is 4.34. The largest absolute Gasteiger partial charge is 1.00 e. The molecule has 4 aromatic carbocycles. The minimum Gasteiger partial charge on any atom is -1.00 e. The molecule has 0 saturated carbocycles. The predicted octanol–water partition coefficient (Wildman–Crippen LogP) is 4.65. The molecule has 0 heterocycles. The van der Waals surface area contributed by atoms with Crippen molar-refractivity contribution in [2.24, 2.45) is 0 Å². The Labute approximate surface area is 246 Å². The van der Waals surface area contributed by atoms with E-state index < -0.39 is 15.6 Å². The van der Waals surface area contributed by atoms with Crippen molar-refractivity contribution < 1.29 is 26.2 Å². The first-order valence-corrected chi connectivity index (χ1v) is 18.0. The summed E-state index contributed by atoms with van der Waals surface area (Å²) in [6.45, 7) is 11.2. The molecule has 0 unspecified atom stereocenters. The van der Waals surface area contributed by atoms with Gasteiger partial charge in [0.15, 0.2) is 5.78 Å². The van der Waals surface area contributed by atoms with E-state index in [1.54, 1.807) is 6.08 Å². The molecule has 0 aliphatic heterocycles. The average molecular weight is 618 g/mol. The lowest BCUT2D eigenvalue weighted by Crippen LogP contribution is -3.00. The van der Waals surface area contributed by atoms with E-state index in [4.69, 9.17) is 4.43 Å². The molecule has 0 fully saturated rings. The van der Waals surface area contributed by atoms with Gasteiger partial charge in [0, 0.05) is 0 Å². The van der Waals surface area contributed by atoms with Crippen LogP contribution < -0.4 is 37.3 Å². The summed E-state index contributed by atoms with van der Waals surface area (Å²) in [5.41, 5.74) is 0.990. The molecule has 0 saturated heterocycles. The molecular formula is C34H38BrO2PSi. The molecule has 4 rings (SSSR count). The lowest BCUT2D eigenvalue weighted by molar-refractivity contribution is -0.112. The van der Waals surface area contributed by atoms with Crippen molar-refractivity contribution in [1.82, 2.24) is 0 Å². The van der Waals surface area contributed by atoms with Crippen molar-refractivity contribution in [1.29, 1.82) is 0 Å². The molecule has 4 aromatic rings. The van der Waals surface area contributed by atoms with E-state index in [9.17, 15) is 4.79 Å². The summed E-state index contributed by atoms with van der Waals surface area (Å²) in [6, 6.07) is 39.7. The maximum atomic E-state index is 13.6. The summed E-state index contributed by atoms with van der Waals surface area (Å²) in [5, 5.41) is 3.79. The topological polar surface area (TPSA) is 26.3 Å². The highest BCUT2D eigenvalue weighted by Crippen LogP contribution is 2.55. The molecule has 5 heteroatoms. The Morgan fingerprint density at radius 1 is 0.718 bits per heavy atom. The van der Waals surface area contributed by atoms with Gasteiger partial charge < -0.3 is 21.4 Å². The average Bonchev–Trinajstić information content (AvgIpc) is 2.92. The van der Waals surface area contributed by atoms with Crippen LogP contribution in [-0.4, -0.2) is 20.3 Å². The van der Waals surface area contributed by atoms with E-state index in [-0.39, 0.29) is 27.8 Å². The predicted molar refractivity (Wildman–Crippen MR) is 168 cm³/mol. The second-order valence-electron chi connectivity index (χ2n) is 11.2. The van der Waals surface area contributed by atoms with Crippen LogP contribution in [0.4, 0.5) is 0 Å². The summed E-state index contributed by atoms with van der Waals surface area (Å²) < 4.78 is 6.41. The fourth-order valence-corrected chi connectivity index (χ4v) is 9.43. The van der Waals surface area contributed by atoms with Crippen molar-refractivity contribution in [3.05, 3.63) is 127 Å². The molecule has 39 heavy (non-hydrogen) atoms. The Hall–Kier alpha value is -2.78. The molecule has 0 radical (unpaired) electrons. The van der Waals surface area contributed by atoms with E-state index in [0.717, 1.165) is 11.3 Å². The van der Waals surface area contributed by atoms with Gasteiger partial charge in [0.1, 0.15) is 35.1 Å². The number of halogens is 1. The summed E-state index contributed by atoms with van der Waals surface area (Å²) in [5.74, 6) is 1.01. The Bertz CT molecular complexity index is 1270. The zero-order chi connectivity index (χ0) is 27.2. The summed E-state index contributed by atoms with van der Waals surface area (Å²) in [7, 11) is -4.09. The molecule has 202 valence electrons. The molecule has 0 aromatic heterocycles. The van der Waals surface area contributed by atoms with Crippen molar-refractivity contribution in [2.45, 2.75) is 38.9 Å². The number of allylic oxidation sites excluding steroid dienone is 1. The molecule has 0 spiro atoms. The highest BCUT2D eigenvalue weighted by atomic mass is 79.9. The molecule has 0 atom stereocenters. The maximum Gasteiger partial charge on any atom is 0.250 e. The highest BCUT2D eigenvalue weighted by molar-refractivity contribution is 7.96. The summed E-state index contributed by atoms with van der Waals surface area (Å²) in [6.07, 6.45) is 4.11. The van der Waals surface area contributed by atoms with Crippen LogP contribution in [0.5, 0.6) is 5.75 Å². The first kappa shape index (κ1) is 30.8. The monoisotopic (exact) mass is 616 g/mol. The second-order valence-corrected chi connectivity index (χ2v) is 19.4. The van der Waals surface area contributed by atoms with Crippen molar-refractivity contribution in [3.8, 4) is 5.75 Å². The van der Waals surface area contributed by atoms with Gasteiger partial charge >= 0.3 is 0 Å². The van der Waals surface area contributed by atoms with Gasteiger partial charge in [0.05, 0.1) is 0 Å². The van der Waals surface area contributed by atoms with Crippen LogP contribution in [0.15, 0.2) is 121 Å². The van der Waals surface area contributed by atoms with Crippen LogP contribution in [0, 0.1) is 0 Å². The SMILES string of the molecule is CC(C)(C)[Si](C)(C)Oc1ccc(/C=C/C(=O)C[P+](c2ccccc2)(c2ccccc2)c2ccccc2)cc1.[Br-]. The van der Waals surface area contributed by atoms with Gasteiger partial charge in [-0.05, 0) is 78.3 Å². The quantitative estimate of drug-likeness (QED) is 0.155. The molecule has 0 aliphatic rings. The standard InChI is InChI=1S/C34H38O2PSi.BrH/c1-34(2,3)38(4,5)36-30-25-22-28(23-26-30)21-24-29(35)27-37(31-15-9-6-10-16-31,32-17-11-7-12-18-32)33-19-13-8-14-20-33;/h6-26H,27H2,1-5H3;1H/q+1;/p-1/b24-21+;. The van der Waals surface area contributed by atoms with Crippen LogP contribution >= 0.6 is 7.26 Å². The van der Waals surface area contributed by atoms with Crippen molar-refractivity contribution in [2.75, 3.05) is 6.16 Å². The molecule has 0 aliphatic carbocycles. The lowest BCUT2D eigenvalue weighted by atomic mass is 10.2. The van der Waals surface area contributed by atoms with Crippen LogP contribution in [-0.2, 0) is 4.79 Å². The third kappa shape index (κ3) is 7.25. The molecule has 0 amide bonds. The normalized spacial score (nSPS) is 12.1. The zero-order valence-electron chi connectivity index (χ0n) is 23.5. The van der Waals surface area contributed by atoms with Gasteiger partial charge in [-0.1, -0.05) is 93.6 Å². The van der Waals surface area contributed by atoms with Gasteiger partial charge in [-0.25, -0.2) is 0 Å². The van der Waals surface area contributed by atoms with E-state index in [1.807, 2.05) is 48.5 Å². The minimum absolute atomic E-state index is 0. The minimum atomic E-state index is -2.19. The third-order valence-electron chi connectivity index (χ3n) is 7.50. The zero-order valence-corrected chi connectivity index (χ0v) is 27.0. The number of hydrogen-bond acceptors (Lipinski definition) is 2. The number of carbonyl (C=O) groups is 1. The summed E-state index contributed by atoms with van der Waals surface area (Å²) >= 11 is 0. The van der Waals surface area contributed by atoms with Crippen LogP contribution in [0.2, 0.25) is 18.1 Å². The molecule has 0 N–H and O–H groups in total. The summed E-state index contributed by atoms with van der Waals surface area (Å²) in [4.78, 5) is 13.6. The van der Waals surface area contributed by atoms with E-state index in [0.29, 0.717) is 6.16 Å². The molecular weight excluding hydrogens is 579 g/mol. The molecule has 2 nitrogen and oxygen atoms in total. The Morgan fingerprint density at radius 2 is 1.13 bits per heavy atom. The van der Waals surface area contributed by atoms with Gasteiger partial charge in [0.25, 0.3) is 0 Å². The number of benzene rings is 4. The lowest BCUT2D eigenvalue weighted by Gasteiger charge is -2.36. The van der Waals surface area contributed by atoms with Crippen LogP contribution in [0.3, 0.4) is 0 Å². The number of carbonyl (C=O) groups excluding carboxylic acids is 1. The Kier molecular flexibility index (Phi) is 10.3. The van der Waals surface area contributed by atoms with Gasteiger partial charge in [-0.2, -0.15) is 0 Å². The fraction of sp³-hybridized carbons (Fsp3) is 0.206. The van der Waals surface area contributed by atoms with Gasteiger partial charge in [-0.3, -0.25) is 4.79 Å². The van der Waals surface area contributed by atoms with Gasteiger partial charge in [0.2, 0.25) is 8.32 Å². The second kappa shape index (κ2) is 13.0. The highest BCUT2D eigenvalue weighted by Gasteiger charge is 2.46. The van der Waals surface area contributed by atoms with E-state index in [1.165, 1.54) is 15.9 Å². The van der Waals surface area contributed by atoms with Crippen LogP contribution in [0.1, 0.15) is 26.3 Å². The first-order chi connectivity index (χ1) is 18.1.